The Kier molecular flexibility index (Phi) is 6.22. The van der Waals surface area contributed by atoms with Gasteiger partial charge >= 0.3 is 12.0 Å². The molecule has 0 bridgehead atoms. The Morgan fingerprint density at radius 2 is 1.79 bits per heavy atom. The zero-order valence-electron chi connectivity index (χ0n) is 15.4. The number of nitrogens with one attached hydrogen (secondary N) is 2. The number of furan rings is 1. The van der Waals surface area contributed by atoms with E-state index in [1.807, 2.05) is 0 Å². The highest BCUT2D eigenvalue weighted by Gasteiger charge is 2.20. The van der Waals surface area contributed by atoms with Crippen molar-refractivity contribution < 1.29 is 28.5 Å². The predicted molar refractivity (Wildman–Crippen MR) is 100 cm³/mol. The van der Waals surface area contributed by atoms with Crippen molar-refractivity contribution in [1.82, 2.24) is 10.6 Å². The van der Waals surface area contributed by atoms with E-state index in [4.69, 9.17) is 9.15 Å². The van der Waals surface area contributed by atoms with Crippen LogP contribution in [0, 0.1) is 10.1 Å². The summed E-state index contributed by atoms with van der Waals surface area (Å²) in [5.41, 5.74) is 0.471. The maximum absolute atomic E-state index is 12.0. The van der Waals surface area contributed by atoms with Gasteiger partial charge in [0.05, 0.1) is 4.92 Å². The lowest BCUT2D eigenvalue weighted by atomic mass is 10.1. The third-order valence-electron chi connectivity index (χ3n) is 4.45. The number of amides is 3. The first kappa shape index (κ1) is 20.1. The summed E-state index contributed by atoms with van der Waals surface area (Å²) in [4.78, 5) is 45.6. The Bertz CT molecular complexity index is 914. The molecule has 1 aliphatic rings. The van der Waals surface area contributed by atoms with Gasteiger partial charge in [-0.3, -0.25) is 20.2 Å². The number of carbonyl (C=O) groups is 3. The largest absolute Gasteiger partial charge is 0.450 e. The third-order valence-corrected chi connectivity index (χ3v) is 4.45. The first-order valence-corrected chi connectivity index (χ1v) is 9.04. The highest BCUT2D eigenvalue weighted by molar-refractivity contribution is 5.96. The van der Waals surface area contributed by atoms with Gasteiger partial charge in [0.1, 0.15) is 5.76 Å². The Labute approximate surface area is 165 Å². The van der Waals surface area contributed by atoms with E-state index in [2.05, 4.69) is 10.6 Å². The second kappa shape index (κ2) is 9.00. The predicted octanol–water partition coefficient (Wildman–Crippen LogP) is 2.78. The van der Waals surface area contributed by atoms with Gasteiger partial charge in [0.25, 0.3) is 11.6 Å². The molecule has 29 heavy (non-hydrogen) atoms. The minimum absolute atomic E-state index is 0.0614. The van der Waals surface area contributed by atoms with Gasteiger partial charge in [-0.1, -0.05) is 12.8 Å². The van der Waals surface area contributed by atoms with Crippen molar-refractivity contribution in [3.05, 3.63) is 52.3 Å². The number of benzene rings is 1. The summed E-state index contributed by atoms with van der Waals surface area (Å²) in [5, 5.41) is 15.5. The van der Waals surface area contributed by atoms with Gasteiger partial charge in [0.2, 0.25) is 5.76 Å². The number of carbonyl (C=O) groups excluding carboxylic acids is 3. The Balaban J connectivity index is 1.48. The molecular formula is C19H19N3O7. The molecule has 2 N–H and O–H groups in total. The van der Waals surface area contributed by atoms with Crippen LogP contribution in [0.25, 0.3) is 11.3 Å². The first-order valence-electron chi connectivity index (χ1n) is 9.04. The number of nitrogens with zero attached hydrogens (tertiary/aromatic N) is 1. The van der Waals surface area contributed by atoms with Crippen LogP contribution >= 0.6 is 0 Å². The number of ether oxygens (including phenoxy) is 1. The van der Waals surface area contributed by atoms with Gasteiger partial charge in [0.15, 0.2) is 6.61 Å². The lowest BCUT2D eigenvalue weighted by Gasteiger charge is -2.12. The molecule has 1 fully saturated rings. The quantitative estimate of drug-likeness (QED) is 0.431. The summed E-state index contributed by atoms with van der Waals surface area (Å²) in [6, 6.07) is 7.93. The van der Waals surface area contributed by atoms with Crippen molar-refractivity contribution >= 4 is 23.6 Å². The maximum Gasteiger partial charge on any atom is 0.374 e. The molecule has 0 aliphatic heterocycles. The normalized spacial score (nSPS) is 13.7. The van der Waals surface area contributed by atoms with Crippen LogP contribution < -0.4 is 10.6 Å². The molecule has 1 aromatic heterocycles. The lowest BCUT2D eigenvalue weighted by Crippen LogP contribution is -2.44. The number of hydrogen-bond acceptors (Lipinski definition) is 7. The topological polar surface area (TPSA) is 141 Å². The van der Waals surface area contributed by atoms with Crippen LogP contribution in [0.15, 0.2) is 40.8 Å². The Morgan fingerprint density at radius 1 is 1.10 bits per heavy atom. The van der Waals surface area contributed by atoms with Crippen LogP contribution in [0.1, 0.15) is 36.2 Å². The van der Waals surface area contributed by atoms with Crippen LogP contribution in [0.3, 0.4) is 0 Å². The molecule has 1 heterocycles. The number of esters is 1. The van der Waals surface area contributed by atoms with Crippen molar-refractivity contribution in [1.29, 1.82) is 0 Å². The molecular weight excluding hydrogens is 382 g/mol. The number of rotatable bonds is 6. The SMILES string of the molecule is O=C(COC(=O)c1ccc(-c2ccc([N+](=O)[O-])cc2)o1)NC(=O)NC1CCCC1. The zero-order valence-corrected chi connectivity index (χ0v) is 15.4. The zero-order chi connectivity index (χ0) is 20.8. The summed E-state index contributed by atoms with van der Waals surface area (Å²) in [6.45, 7) is -0.634. The number of non-ortho nitro benzene ring substituents is 1. The molecule has 0 atom stereocenters. The van der Waals surface area contributed by atoms with Gasteiger partial charge in [-0.15, -0.1) is 0 Å². The lowest BCUT2D eigenvalue weighted by molar-refractivity contribution is -0.384. The van der Waals surface area contributed by atoms with E-state index in [-0.39, 0.29) is 17.5 Å². The molecule has 10 nitrogen and oxygen atoms in total. The van der Waals surface area contributed by atoms with E-state index in [1.54, 1.807) is 0 Å². The molecule has 0 spiro atoms. The van der Waals surface area contributed by atoms with Crippen LogP contribution in [0.5, 0.6) is 0 Å². The molecule has 2 aromatic rings. The number of hydrogen-bond donors (Lipinski definition) is 2. The molecule has 0 unspecified atom stereocenters. The van der Waals surface area contributed by atoms with E-state index in [9.17, 15) is 24.5 Å². The maximum atomic E-state index is 12.0. The molecule has 1 aromatic carbocycles. The van der Waals surface area contributed by atoms with Crippen molar-refractivity contribution in [2.75, 3.05) is 6.61 Å². The van der Waals surface area contributed by atoms with E-state index >= 15 is 0 Å². The monoisotopic (exact) mass is 401 g/mol. The standard InChI is InChI=1S/C19H19N3O7/c23-17(21-19(25)20-13-3-1-2-4-13)11-28-18(24)16-10-9-15(29-16)12-5-7-14(8-6-12)22(26)27/h5-10,13H,1-4,11H2,(H2,20,21,23,25). The number of nitro groups is 1. The Morgan fingerprint density at radius 3 is 2.45 bits per heavy atom. The minimum atomic E-state index is -0.871. The smallest absolute Gasteiger partial charge is 0.374 e. The molecule has 0 radical (unpaired) electrons. The summed E-state index contributed by atoms with van der Waals surface area (Å²) < 4.78 is 10.2. The van der Waals surface area contributed by atoms with E-state index < -0.39 is 29.4 Å². The van der Waals surface area contributed by atoms with Crippen LogP contribution in [-0.4, -0.2) is 35.5 Å². The summed E-state index contributed by atoms with van der Waals surface area (Å²) in [6.07, 6.45) is 3.85. The van der Waals surface area contributed by atoms with E-state index in [1.165, 1.54) is 36.4 Å². The van der Waals surface area contributed by atoms with Crippen LogP contribution in [-0.2, 0) is 9.53 Å². The second-order valence-corrected chi connectivity index (χ2v) is 6.55. The second-order valence-electron chi connectivity index (χ2n) is 6.55. The number of imide groups is 1. The van der Waals surface area contributed by atoms with Crippen molar-refractivity contribution in [3.8, 4) is 11.3 Å². The van der Waals surface area contributed by atoms with Gasteiger partial charge in [-0.2, -0.15) is 0 Å². The van der Waals surface area contributed by atoms with Gasteiger partial charge in [0, 0.05) is 23.7 Å². The van der Waals surface area contributed by atoms with Crippen LogP contribution in [0.2, 0.25) is 0 Å². The van der Waals surface area contributed by atoms with Crippen molar-refractivity contribution in [2.45, 2.75) is 31.7 Å². The molecule has 10 heteroatoms. The van der Waals surface area contributed by atoms with Gasteiger partial charge in [-0.25, -0.2) is 9.59 Å². The first-order chi connectivity index (χ1) is 13.9. The molecule has 1 aliphatic carbocycles. The van der Waals surface area contributed by atoms with Crippen molar-refractivity contribution in [3.63, 3.8) is 0 Å². The van der Waals surface area contributed by atoms with Crippen molar-refractivity contribution in [2.24, 2.45) is 0 Å². The molecule has 3 amide bonds. The average Bonchev–Trinajstić information content (AvgIpc) is 3.38. The number of nitro benzene ring substituents is 1. The fraction of sp³-hybridized carbons (Fsp3) is 0.316. The molecule has 152 valence electrons. The highest BCUT2D eigenvalue weighted by atomic mass is 16.6. The van der Waals surface area contributed by atoms with Crippen LogP contribution in [0.4, 0.5) is 10.5 Å². The Hall–Kier alpha value is -3.69. The fourth-order valence-electron chi connectivity index (χ4n) is 3.01. The van der Waals surface area contributed by atoms with E-state index in [0.29, 0.717) is 11.3 Å². The fourth-order valence-corrected chi connectivity index (χ4v) is 3.01. The summed E-state index contributed by atoms with van der Waals surface area (Å²) in [7, 11) is 0. The highest BCUT2D eigenvalue weighted by Crippen LogP contribution is 2.24. The minimum Gasteiger partial charge on any atom is -0.450 e. The molecule has 1 saturated carbocycles. The summed E-state index contributed by atoms with van der Waals surface area (Å²) >= 11 is 0. The molecule has 3 rings (SSSR count). The molecule has 0 saturated heterocycles. The average molecular weight is 401 g/mol. The number of urea groups is 1. The van der Waals surface area contributed by atoms with Gasteiger partial charge in [-0.05, 0) is 37.1 Å². The third kappa shape index (κ3) is 5.41. The van der Waals surface area contributed by atoms with E-state index in [0.717, 1.165) is 25.7 Å². The van der Waals surface area contributed by atoms with Gasteiger partial charge < -0.3 is 14.5 Å². The summed E-state index contributed by atoms with van der Waals surface area (Å²) in [5.74, 6) is -1.45.